The molecule has 1 aliphatic rings. The average molecular weight is 333 g/mol. The lowest BCUT2D eigenvalue weighted by molar-refractivity contribution is 0.125. The van der Waals surface area contributed by atoms with Gasteiger partial charge in [0, 0.05) is 20.8 Å². The molecular weight excluding hydrogens is 311 g/mol. The molecule has 0 saturated carbocycles. The van der Waals surface area contributed by atoms with Gasteiger partial charge >= 0.3 is 0 Å². The number of benzene rings is 1. The predicted octanol–water partition coefficient (Wildman–Crippen LogP) is 4.00. The molecule has 0 radical (unpaired) electrons. The SMILES string of the molecule is COCC(Cl)c1ccc2c(c1C(Cl)COC)CCCOC2. The molecule has 0 amide bonds. The van der Waals surface area contributed by atoms with E-state index in [1.165, 1.54) is 11.1 Å². The first-order chi connectivity index (χ1) is 10.2. The van der Waals surface area contributed by atoms with Gasteiger partial charge in [0.05, 0.1) is 30.6 Å². The number of hydrogen-bond donors (Lipinski definition) is 0. The Morgan fingerprint density at radius 3 is 2.57 bits per heavy atom. The lowest BCUT2D eigenvalue weighted by Gasteiger charge is -2.23. The smallest absolute Gasteiger partial charge is 0.0824 e. The number of hydrogen-bond acceptors (Lipinski definition) is 3. The zero-order valence-corrected chi connectivity index (χ0v) is 14.0. The summed E-state index contributed by atoms with van der Waals surface area (Å²) in [5, 5.41) is -0.422. The number of ether oxygens (including phenoxy) is 3. The highest BCUT2D eigenvalue weighted by atomic mass is 35.5. The van der Waals surface area contributed by atoms with E-state index in [-0.39, 0.29) is 10.8 Å². The summed E-state index contributed by atoms with van der Waals surface area (Å²) in [6, 6.07) is 4.14. The quantitative estimate of drug-likeness (QED) is 0.737. The molecule has 1 aromatic rings. The van der Waals surface area contributed by atoms with Crippen molar-refractivity contribution < 1.29 is 14.2 Å². The second-order valence-corrected chi connectivity index (χ2v) is 6.26. The van der Waals surface area contributed by atoms with E-state index in [1.54, 1.807) is 14.2 Å². The highest BCUT2D eigenvalue weighted by Crippen LogP contribution is 2.37. The Kier molecular flexibility index (Phi) is 6.77. The standard InChI is InChI=1S/C16H22Cl2O3/c1-19-9-14(17)13-6-5-11-8-21-7-3-4-12(11)16(13)15(18)10-20-2/h5-6,14-15H,3-4,7-10H2,1-2H3. The van der Waals surface area contributed by atoms with Gasteiger partial charge in [-0.25, -0.2) is 0 Å². The van der Waals surface area contributed by atoms with Crippen molar-refractivity contribution in [3.63, 3.8) is 0 Å². The molecule has 0 saturated heterocycles. The van der Waals surface area contributed by atoms with Crippen LogP contribution in [-0.4, -0.2) is 34.0 Å². The Balaban J connectivity index is 2.46. The van der Waals surface area contributed by atoms with Crippen molar-refractivity contribution in [2.75, 3.05) is 34.0 Å². The van der Waals surface area contributed by atoms with Crippen molar-refractivity contribution in [3.8, 4) is 0 Å². The average Bonchev–Trinajstić information content (AvgIpc) is 2.71. The minimum absolute atomic E-state index is 0.211. The number of fused-ring (bicyclic) bond motifs is 1. The molecule has 0 fully saturated rings. The monoisotopic (exact) mass is 332 g/mol. The van der Waals surface area contributed by atoms with Crippen LogP contribution in [0.25, 0.3) is 0 Å². The zero-order chi connectivity index (χ0) is 15.2. The zero-order valence-electron chi connectivity index (χ0n) is 12.5. The van der Waals surface area contributed by atoms with Crippen molar-refractivity contribution in [2.45, 2.75) is 30.2 Å². The lowest BCUT2D eigenvalue weighted by atomic mass is 9.90. The Labute approximate surface area is 136 Å². The maximum Gasteiger partial charge on any atom is 0.0824 e. The van der Waals surface area contributed by atoms with E-state index in [4.69, 9.17) is 37.4 Å². The van der Waals surface area contributed by atoms with Crippen molar-refractivity contribution in [1.82, 2.24) is 0 Å². The Morgan fingerprint density at radius 2 is 1.86 bits per heavy atom. The third-order valence-corrected chi connectivity index (χ3v) is 4.44. The summed E-state index contributed by atoms with van der Waals surface area (Å²) in [6.07, 6.45) is 1.96. The molecule has 118 valence electrons. The summed E-state index contributed by atoms with van der Waals surface area (Å²) in [5.74, 6) is 0. The van der Waals surface area contributed by atoms with Crippen molar-refractivity contribution in [2.24, 2.45) is 0 Å². The third kappa shape index (κ3) is 4.11. The first-order valence-electron chi connectivity index (χ1n) is 7.17. The fraction of sp³-hybridized carbons (Fsp3) is 0.625. The number of halogens is 2. The van der Waals surface area contributed by atoms with Gasteiger partial charge in [0.1, 0.15) is 0 Å². The molecule has 0 N–H and O–H groups in total. The van der Waals surface area contributed by atoms with Gasteiger partial charge in [0.15, 0.2) is 0 Å². The highest BCUT2D eigenvalue weighted by molar-refractivity contribution is 6.23. The van der Waals surface area contributed by atoms with E-state index in [1.807, 2.05) is 6.07 Å². The van der Waals surface area contributed by atoms with E-state index in [9.17, 15) is 0 Å². The maximum absolute atomic E-state index is 6.58. The number of rotatable bonds is 6. The summed E-state index contributed by atoms with van der Waals surface area (Å²) in [7, 11) is 3.31. The van der Waals surface area contributed by atoms with Crippen LogP contribution in [0.2, 0.25) is 0 Å². The molecule has 3 nitrogen and oxygen atoms in total. The summed E-state index contributed by atoms with van der Waals surface area (Å²) in [5.41, 5.74) is 4.60. The van der Waals surface area contributed by atoms with Crippen LogP contribution in [0.5, 0.6) is 0 Å². The Bertz CT molecular complexity index is 465. The number of alkyl halides is 2. The molecule has 2 rings (SSSR count). The summed E-state index contributed by atoms with van der Waals surface area (Å²) in [4.78, 5) is 0. The van der Waals surface area contributed by atoms with Gasteiger partial charge in [0.25, 0.3) is 0 Å². The van der Waals surface area contributed by atoms with Gasteiger partial charge in [0.2, 0.25) is 0 Å². The highest BCUT2D eigenvalue weighted by Gasteiger charge is 2.24. The molecule has 1 aliphatic heterocycles. The lowest BCUT2D eigenvalue weighted by Crippen LogP contribution is -2.12. The number of methoxy groups -OCH3 is 2. The van der Waals surface area contributed by atoms with Gasteiger partial charge in [-0.1, -0.05) is 12.1 Å². The van der Waals surface area contributed by atoms with Crippen LogP contribution in [0.1, 0.15) is 39.4 Å². The molecule has 1 aromatic carbocycles. The fourth-order valence-corrected chi connectivity index (χ4v) is 3.50. The molecular formula is C16H22Cl2O3. The second kappa shape index (κ2) is 8.35. The third-order valence-electron chi connectivity index (χ3n) is 3.74. The molecule has 5 heteroatoms. The molecule has 1 heterocycles. The van der Waals surface area contributed by atoms with E-state index in [0.29, 0.717) is 19.8 Å². The molecule has 0 aliphatic carbocycles. The predicted molar refractivity (Wildman–Crippen MR) is 85.4 cm³/mol. The summed E-state index contributed by atoms with van der Waals surface area (Å²) in [6.45, 7) is 2.34. The molecule has 0 spiro atoms. The topological polar surface area (TPSA) is 27.7 Å². The van der Waals surface area contributed by atoms with E-state index in [2.05, 4.69) is 6.07 Å². The van der Waals surface area contributed by atoms with Crippen molar-refractivity contribution in [3.05, 3.63) is 34.4 Å². The van der Waals surface area contributed by atoms with Crippen molar-refractivity contribution >= 4 is 23.2 Å². The van der Waals surface area contributed by atoms with Crippen LogP contribution in [0, 0.1) is 0 Å². The van der Waals surface area contributed by atoms with Crippen LogP contribution >= 0.6 is 23.2 Å². The van der Waals surface area contributed by atoms with Gasteiger partial charge in [-0.3, -0.25) is 0 Å². The first-order valence-corrected chi connectivity index (χ1v) is 8.04. The Morgan fingerprint density at radius 1 is 1.14 bits per heavy atom. The molecule has 0 bridgehead atoms. The van der Waals surface area contributed by atoms with Crippen LogP contribution in [0.3, 0.4) is 0 Å². The van der Waals surface area contributed by atoms with Crippen molar-refractivity contribution in [1.29, 1.82) is 0 Å². The molecule has 21 heavy (non-hydrogen) atoms. The van der Waals surface area contributed by atoms with Crippen LogP contribution in [0.4, 0.5) is 0 Å². The van der Waals surface area contributed by atoms with E-state index < -0.39 is 0 Å². The normalized spacial score (nSPS) is 17.9. The Hall–Kier alpha value is -0.320. The summed E-state index contributed by atoms with van der Waals surface area (Å²) < 4.78 is 16.1. The molecule has 2 unspecified atom stereocenters. The van der Waals surface area contributed by atoms with Gasteiger partial charge in [-0.2, -0.15) is 0 Å². The van der Waals surface area contributed by atoms with Gasteiger partial charge in [-0.05, 0) is 35.1 Å². The van der Waals surface area contributed by atoms with Gasteiger partial charge < -0.3 is 14.2 Å². The van der Waals surface area contributed by atoms with Crippen LogP contribution < -0.4 is 0 Å². The molecule has 0 aromatic heterocycles. The minimum Gasteiger partial charge on any atom is -0.383 e. The maximum atomic E-state index is 6.58. The fourth-order valence-electron chi connectivity index (χ4n) is 2.80. The first kappa shape index (κ1) is 17.0. The van der Waals surface area contributed by atoms with E-state index in [0.717, 1.165) is 30.6 Å². The van der Waals surface area contributed by atoms with E-state index >= 15 is 0 Å². The van der Waals surface area contributed by atoms with Gasteiger partial charge in [-0.15, -0.1) is 23.2 Å². The summed E-state index contributed by atoms with van der Waals surface area (Å²) >= 11 is 13.1. The largest absolute Gasteiger partial charge is 0.383 e. The van der Waals surface area contributed by atoms with Crippen LogP contribution in [-0.2, 0) is 27.2 Å². The second-order valence-electron chi connectivity index (χ2n) is 5.21. The van der Waals surface area contributed by atoms with Crippen LogP contribution in [0.15, 0.2) is 12.1 Å². The molecule has 2 atom stereocenters. The minimum atomic E-state index is -0.212.